The van der Waals surface area contributed by atoms with Crippen molar-refractivity contribution in [2.24, 2.45) is 0 Å². The Labute approximate surface area is 135 Å². The van der Waals surface area contributed by atoms with E-state index in [-0.39, 0.29) is 5.91 Å². The van der Waals surface area contributed by atoms with Gasteiger partial charge >= 0.3 is 6.09 Å². The zero-order valence-corrected chi connectivity index (χ0v) is 14.0. The maximum absolute atomic E-state index is 11.4. The zero-order valence-electron chi connectivity index (χ0n) is 13.2. The maximum atomic E-state index is 11.4. The SMILES string of the molecule is CC(=O)Nc1ccc(NCCNC(=O)OC(C)(C)C)cc1Cl. The molecule has 1 aromatic carbocycles. The third-order valence-corrected chi connectivity index (χ3v) is 2.71. The molecule has 0 spiro atoms. The second-order valence-corrected chi connectivity index (χ2v) is 6.14. The zero-order chi connectivity index (χ0) is 16.8. The highest BCUT2D eigenvalue weighted by Gasteiger charge is 2.15. The molecule has 1 rings (SSSR count). The summed E-state index contributed by atoms with van der Waals surface area (Å²) in [5, 5.41) is 8.84. The Hall–Kier alpha value is -1.95. The number of amides is 2. The quantitative estimate of drug-likeness (QED) is 0.725. The molecule has 7 heteroatoms. The van der Waals surface area contributed by atoms with Crippen molar-refractivity contribution in [1.29, 1.82) is 0 Å². The minimum Gasteiger partial charge on any atom is -0.444 e. The van der Waals surface area contributed by atoms with Crippen LogP contribution < -0.4 is 16.0 Å². The Morgan fingerprint density at radius 2 is 1.91 bits per heavy atom. The first-order chi connectivity index (χ1) is 10.2. The van der Waals surface area contributed by atoms with Crippen LogP contribution in [-0.4, -0.2) is 30.7 Å². The van der Waals surface area contributed by atoms with Crippen molar-refractivity contribution in [2.45, 2.75) is 33.3 Å². The molecular formula is C15H22ClN3O3. The summed E-state index contributed by atoms with van der Waals surface area (Å²) in [7, 11) is 0. The minimum atomic E-state index is -0.509. The van der Waals surface area contributed by atoms with E-state index in [4.69, 9.17) is 16.3 Å². The van der Waals surface area contributed by atoms with E-state index in [0.29, 0.717) is 23.8 Å². The highest BCUT2D eigenvalue weighted by atomic mass is 35.5. The average Bonchev–Trinajstić information content (AvgIpc) is 2.35. The first-order valence-corrected chi connectivity index (χ1v) is 7.33. The van der Waals surface area contributed by atoms with E-state index in [1.165, 1.54) is 6.92 Å². The van der Waals surface area contributed by atoms with Gasteiger partial charge in [0.05, 0.1) is 10.7 Å². The summed E-state index contributed by atoms with van der Waals surface area (Å²) in [6.45, 7) is 7.79. The third-order valence-electron chi connectivity index (χ3n) is 2.40. The van der Waals surface area contributed by atoms with Crippen molar-refractivity contribution in [3.8, 4) is 0 Å². The lowest BCUT2D eigenvalue weighted by atomic mass is 10.2. The number of carbonyl (C=O) groups excluding carboxylic acids is 2. The van der Waals surface area contributed by atoms with Crippen molar-refractivity contribution >= 4 is 35.0 Å². The van der Waals surface area contributed by atoms with Crippen LogP contribution in [-0.2, 0) is 9.53 Å². The van der Waals surface area contributed by atoms with E-state index in [0.717, 1.165) is 5.69 Å². The van der Waals surface area contributed by atoms with Crippen LogP contribution in [0.2, 0.25) is 5.02 Å². The number of nitrogens with one attached hydrogen (secondary N) is 3. The van der Waals surface area contributed by atoms with Gasteiger partial charge in [0.15, 0.2) is 0 Å². The lowest BCUT2D eigenvalue weighted by molar-refractivity contribution is -0.114. The molecule has 122 valence electrons. The number of hydrogen-bond donors (Lipinski definition) is 3. The molecule has 0 aliphatic carbocycles. The van der Waals surface area contributed by atoms with E-state index in [2.05, 4.69) is 16.0 Å². The lowest BCUT2D eigenvalue weighted by Crippen LogP contribution is -2.34. The number of ether oxygens (including phenoxy) is 1. The molecule has 0 unspecified atom stereocenters. The molecule has 0 atom stereocenters. The van der Waals surface area contributed by atoms with E-state index in [9.17, 15) is 9.59 Å². The smallest absolute Gasteiger partial charge is 0.407 e. The van der Waals surface area contributed by atoms with Gasteiger partial charge in [0.25, 0.3) is 0 Å². The van der Waals surface area contributed by atoms with Crippen molar-refractivity contribution in [2.75, 3.05) is 23.7 Å². The predicted molar refractivity (Wildman–Crippen MR) is 88.5 cm³/mol. The van der Waals surface area contributed by atoms with Gasteiger partial charge < -0.3 is 20.7 Å². The molecule has 0 aliphatic rings. The molecule has 1 aromatic rings. The molecule has 0 saturated heterocycles. The Morgan fingerprint density at radius 1 is 1.23 bits per heavy atom. The fraction of sp³-hybridized carbons (Fsp3) is 0.467. The van der Waals surface area contributed by atoms with Crippen LogP contribution in [0.15, 0.2) is 18.2 Å². The van der Waals surface area contributed by atoms with E-state index in [1.54, 1.807) is 18.2 Å². The van der Waals surface area contributed by atoms with E-state index >= 15 is 0 Å². The number of carbonyl (C=O) groups is 2. The monoisotopic (exact) mass is 327 g/mol. The summed E-state index contributed by atoms with van der Waals surface area (Å²) in [5.74, 6) is -0.177. The van der Waals surface area contributed by atoms with Crippen LogP contribution in [0.1, 0.15) is 27.7 Å². The van der Waals surface area contributed by atoms with Gasteiger partial charge in [-0.1, -0.05) is 11.6 Å². The molecule has 2 amide bonds. The molecule has 0 aromatic heterocycles. The summed E-state index contributed by atoms with van der Waals surface area (Å²) in [5.41, 5.74) is 0.849. The summed E-state index contributed by atoms with van der Waals surface area (Å²) in [4.78, 5) is 22.4. The first kappa shape index (κ1) is 18.1. The molecule has 0 aliphatic heterocycles. The molecule has 0 saturated carbocycles. The number of alkyl carbamates (subject to hydrolysis) is 1. The Kier molecular flexibility index (Phi) is 6.49. The number of anilines is 2. The maximum Gasteiger partial charge on any atom is 0.407 e. The highest BCUT2D eigenvalue weighted by Crippen LogP contribution is 2.25. The van der Waals surface area contributed by atoms with E-state index in [1.807, 2.05) is 20.8 Å². The third kappa shape index (κ3) is 7.17. The second kappa shape index (κ2) is 7.89. The van der Waals surface area contributed by atoms with Gasteiger partial charge in [0.2, 0.25) is 5.91 Å². The van der Waals surface area contributed by atoms with Crippen LogP contribution in [0.4, 0.5) is 16.2 Å². The molecule has 0 radical (unpaired) electrons. The molecule has 3 N–H and O–H groups in total. The number of halogens is 1. The Morgan fingerprint density at radius 3 is 2.45 bits per heavy atom. The van der Waals surface area contributed by atoms with Gasteiger partial charge in [-0.15, -0.1) is 0 Å². The van der Waals surface area contributed by atoms with Crippen molar-refractivity contribution < 1.29 is 14.3 Å². The summed E-state index contributed by atoms with van der Waals surface area (Å²) in [6.07, 6.45) is -0.451. The highest BCUT2D eigenvalue weighted by molar-refractivity contribution is 6.34. The lowest BCUT2D eigenvalue weighted by Gasteiger charge is -2.19. The Balaban J connectivity index is 2.38. The molecule has 0 heterocycles. The second-order valence-electron chi connectivity index (χ2n) is 5.73. The first-order valence-electron chi connectivity index (χ1n) is 6.95. The standard InChI is InChI=1S/C15H22ClN3O3/c1-10(20)19-13-6-5-11(9-12(13)16)17-7-8-18-14(21)22-15(2,3)4/h5-6,9,17H,7-8H2,1-4H3,(H,18,21)(H,19,20). The molecule has 0 bridgehead atoms. The van der Waals surface area contributed by atoms with Crippen molar-refractivity contribution in [3.63, 3.8) is 0 Å². The number of rotatable bonds is 5. The largest absolute Gasteiger partial charge is 0.444 e. The summed E-state index contributed by atoms with van der Waals surface area (Å²) in [6, 6.07) is 5.22. The normalized spacial score (nSPS) is 10.8. The molecule has 22 heavy (non-hydrogen) atoms. The summed E-state index contributed by atoms with van der Waals surface area (Å²) < 4.78 is 5.12. The van der Waals surface area contributed by atoms with Crippen molar-refractivity contribution in [1.82, 2.24) is 5.32 Å². The molecule has 0 fully saturated rings. The van der Waals surface area contributed by atoms with Crippen LogP contribution in [0.5, 0.6) is 0 Å². The van der Waals surface area contributed by atoms with Gasteiger partial charge in [-0.25, -0.2) is 4.79 Å². The summed E-state index contributed by atoms with van der Waals surface area (Å²) >= 11 is 6.06. The van der Waals surface area contributed by atoms with Crippen LogP contribution in [0, 0.1) is 0 Å². The Bertz CT molecular complexity index is 541. The average molecular weight is 328 g/mol. The van der Waals surface area contributed by atoms with Gasteiger partial charge in [0, 0.05) is 25.7 Å². The van der Waals surface area contributed by atoms with Gasteiger partial charge in [-0.3, -0.25) is 4.79 Å². The van der Waals surface area contributed by atoms with Crippen LogP contribution >= 0.6 is 11.6 Å². The van der Waals surface area contributed by atoms with Gasteiger partial charge in [-0.05, 0) is 39.0 Å². The molecular weight excluding hydrogens is 306 g/mol. The fourth-order valence-electron chi connectivity index (χ4n) is 1.60. The van der Waals surface area contributed by atoms with Crippen LogP contribution in [0.25, 0.3) is 0 Å². The predicted octanol–water partition coefficient (Wildman–Crippen LogP) is 3.24. The van der Waals surface area contributed by atoms with Gasteiger partial charge in [0.1, 0.15) is 5.60 Å². The van der Waals surface area contributed by atoms with Crippen molar-refractivity contribution in [3.05, 3.63) is 23.2 Å². The fourth-order valence-corrected chi connectivity index (χ4v) is 1.83. The molecule has 6 nitrogen and oxygen atoms in total. The minimum absolute atomic E-state index is 0.177. The topological polar surface area (TPSA) is 79.5 Å². The van der Waals surface area contributed by atoms with E-state index < -0.39 is 11.7 Å². The number of hydrogen-bond acceptors (Lipinski definition) is 4. The number of benzene rings is 1. The van der Waals surface area contributed by atoms with Crippen LogP contribution in [0.3, 0.4) is 0 Å². The van der Waals surface area contributed by atoms with Gasteiger partial charge in [-0.2, -0.15) is 0 Å².